The van der Waals surface area contributed by atoms with E-state index in [-0.39, 0.29) is 17.3 Å². The summed E-state index contributed by atoms with van der Waals surface area (Å²) in [5.74, 6) is -1.34. The zero-order valence-corrected chi connectivity index (χ0v) is 9.72. The van der Waals surface area contributed by atoms with Crippen LogP contribution in [0.1, 0.15) is 5.56 Å². The van der Waals surface area contributed by atoms with Crippen LogP contribution in [0.3, 0.4) is 0 Å². The van der Waals surface area contributed by atoms with Crippen LogP contribution in [-0.2, 0) is 9.53 Å². The maximum absolute atomic E-state index is 11.1. The Balaban J connectivity index is 2.16. The molecule has 0 fully saturated rings. The summed E-state index contributed by atoms with van der Waals surface area (Å²) in [6, 6.07) is 4.18. The number of carbonyl (C=O) groups excluding carboxylic acids is 1. The number of phenols is 2. The van der Waals surface area contributed by atoms with Crippen molar-refractivity contribution in [2.24, 2.45) is 0 Å². The molecule has 6 heteroatoms. The summed E-state index contributed by atoms with van der Waals surface area (Å²) in [7, 11) is 0. The summed E-state index contributed by atoms with van der Waals surface area (Å²) in [5, 5.41) is 37.0. The molecule has 19 heavy (non-hydrogen) atoms. The fourth-order valence-electron chi connectivity index (χ4n) is 1.52. The quantitative estimate of drug-likeness (QED) is 0.451. The lowest BCUT2D eigenvalue weighted by Crippen LogP contribution is -2.37. The molecule has 0 saturated carbocycles. The number of ether oxygens (including phenoxy) is 1. The van der Waals surface area contributed by atoms with Crippen molar-refractivity contribution < 1.29 is 30.0 Å². The maximum Gasteiger partial charge on any atom is 0.343 e. The van der Waals surface area contributed by atoms with Gasteiger partial charge in [0.05, 0.1) is 0 Å². The van der Waals surface area contributed by atoms with Crippen molar-refractivity contribution in [2.75, 3.05) is 0 Å². The van der Waals surface area contributed by atoms with Gasteiger partial charge in [-0.3, -0.25) is 0 Å². The molecule has 4 N–H and O–H groups in total. The molecule has 1 aromatic carbocycles. The summed E-state index contributed by atoms with van der Waals surface area (Å²) in [4.78, 5) is 11.1. The molecule has 1 aliphatic rings. The van der Waals surface area contributed by atoms with Gasteiger partial charge in [0.1, 0.15) is 11.9 Å². The van der Waals surface area contributed by atoms with E-state index in [0.717, 1.165) is 0 Å². The highest BCUT2D eigenvalue weighted by atomic mass is 16.6. The van der Waals surface area contributed by atoms with Crippen LogP contribution in [-0.4, -0.2) is 38.6 Å². The summed E-state index contributed by atoms with van der Waals surface area (Å²) in [5.41, 5.74) is 0.563. The number of allylic oxidation sites excluding steroid dienone is 1. The van der Waals surface area contributed by atoms with Crippen LogP contribution in [0, 0.1) is 0 Å². The van der Waals surface area contributed by atoms with Gasteiger partial charge >= 0.3 is 5.97 Å². The van der Waals surface area contributed by atoms with Gasteiger partial charge in [-0.05, 0) is 29.8 Å². The van der Waals surface area contributed by atoms with Crippen molar-refractivity contribution in [2.45, 2.75) is 12.2 Å². The molecule has 1 heterocycles. The van der Waals surface area contributed by atoms with E-state index in [1.54, 1.807) is 6.07 Å². The summed E-state index contributed by atoms with van der Waals surface area (Å²) < 4.78 is 4.76. The number of cyclic esters (lactones) is 1. The molecular weight excluding hydrogens is 252 g/mol. The zero-order valence-electron chi connectivity index (χ0n) is 9.72. The summed E-state index contributed by atoms with van der Waals surface area (Å²) in [6.07, 6.45) is 1.23. The van der Waals surface area contributed by atoms with E-state index in [0.29, 0.717) is 5.56 Å². The van der Waals surface area contributed by atoms with E-state index in [9.17, 15) is 15.0 Å². The third-order valence-electron chi connectivity index (χ3n) is 2.56. The van der Waals surface area contributed by atoms with E-state index in [4.69, 9.17) is 14.9 Å². The number of esters is 1. The van der Waals surface area contributed by atoms with E-state index in [2.05, 4.69) is 0 Å². The van der Waals surface area contributed by atoms with E-state index < -0.39 is 18.2 Å². The lowest BCUT2D eigenvalue weighted by atomic mass is 10.1. The van der Waals surface area contributed by atoms with Gasteiger partial charge in [-0.25, -0.2) is 4.79 Å². The van der Waals surface area contributed by atoms with Crippen molar-refractivity contribution in [3.05, 3.63) is 41.7 Å². The van der Waals surface area contributed by atoms with Gasteiger partial charge in [0.15, 0.2) is 17.6 Å². The van der Waals surface area contributed by atoms with Gasteiger partial charge in [-0.1, -0.05) is 12.1 Å². The van der Waals surface area contributed by atoms with Crippen molar-refractivity contribution >= 4 is 12.0 Å². The zero-order chi connectivity index (χ0) is 14.0. The standard InChI is InChI=1S/C13H12O6/c14-9-4-2-7(5-10(9)15)1-3-8-6-11(16)12(17)13(18)19-8/h1-6,11-12,14-17H/b3-1+. The second kappa shape index (κ2) is 5.13. The van der Waals surface area contributed by atoms with Crippen LogP contribution in [0.15, 0.2) is 36.1 Å². The Bertz CT molecular complexity index is 560. The van der Waals surface area contributed by atoms with Crippen LogP contribution in [0.25, 0.3) is 6.08 Å². The number of hydrogen-bond donors (Lipinski definition) is 4. The number of aliphatic hydroxyl groups is 2. The highest BCUT2D eigenvalue weighted by molar-refractivity contribution is 5.78. The normalized spacial score (nSPS) is 23.3. The van der Waals surface area contributed by atoms with Gasteiger partial charge in [0, 0.05) is 0 Å². The second-order valence-corrected chi connectivity index (χ2v) is 4.01. The molecule has 0 aromatic heterocycles. The first kappa shape index (κ1) is 13.1. The largest absolute Gasteiger partial charge is 0.504 e. The number of aromatic hydroxyl groups is 2. The smallest absolute Gasteiger partial charge is 0.343 e. The Morgan fingerprint density at radius 1 is 1.11 bits per heavy atom. The molecule has 0 saturated heterocycles. The molecule has 2 unspecified atom stereocenters. The first-order valence-corrected chi connectivity index (χ1v) is 5.47. The van der Waals surface area contributed by atoms with E-state index in [1.807, 2.05) is 0 Å². The van der Waals surface area contributed by atoms with Gasteiger partial charge < -0.3 is 25.2 Å². The topological polar surface area (TPSA) is 107 Å². The minimum absolute atomic E-state index is 0.0929. The summed E-state index contributed by atoms with van der Waals surface area (Å²) in [6.45, 7) is 0. The number of rotatable bonds is 2. The van der Waals surface area contributed by atoms with Crippen molar-refractivity contribution in [1.29, 1.82) is 0 Å². The molecule has 2 rings (SSSR count). The lowest BCUT2D eigenvalue weighted by Gasteiger charge is -2.19. The predicted molar refractivity (Wildman–Crippen MR) is 65.0 cm³/mol. The Morgan fingerprint density at radius 3 is 2.47 bits per heavy atom. The van der Waals surface area contributed by atoms with Crippen LogP contribution < -0.4 is 0 Å². The SMILES string of the molecule is O=C1OC(/C=C/c2ccc(O)c(O)c2)=CC(O)C1O. The molecule has 2 atom stereocenters. The second-order valence-electron chi connectivity index (χ2n) is 4.01. The van der Waals surface area contributed by atoms with Gasteiger partial charge in [-0.2, -0.15) is 0 Å². The molecule has 1 aliphatic heterocycles. The molecule has 0 bridgehead atoms. The van der Waals surface area contributed by atoms with Crippen LogP contribution in [0.4, 0.5) is 0 Å². The number of benzene rings is 1. The Kier molecular flexibility index (Phi) is 3.55. The summed E-state index contributed by atoms with van der Waals surface area (Å²) >= 11 is 0. The Morgan fingerprint density at radius 2 is 1.84 bits per heavy atom. The monoisotopic (exact) mass is 264 g/mol. The fourth-order valence-corrected chi connectivity index (χ4v) is 1.52. The van der Waals surface area contributed by atoms with E-state index in [1.165, 1.54) is 30.4 Å². The third-order valence-corrected chi connectivity index (χ3v) is 2.56. The van der Waals surface area contributed by atoms with Gasteiger partial charge in [-0.15, -0.1) is 0 Å². The van der Waals surface area contributed by atoms with Crippen LogP contribution >= 0.6 is 0 Å². The van der Waals surface area contributed by atoms with Gasteiger partial charge in [0.2, 0.25) is 0 Å². The number of carbonyl (C=O) groups is 1. The van der Waals surface area contributed by atoms with Gasteiger partial charge in [0.25, 0.3) is 0 Å². The molecule has 100 valence electrons. The highest BCUT2D eigenvalue weighted by Gasteiger charge is 2.29. The van der Waals surface area contributed by atoms with Crippen LogP contribution in [0.5, 0.6) is 11.5 Å². The fraction of sp³-hybridized carbons (Fsp3) is 0.154. The minimum atomic E-state index is -1.57. The highest BCUT2D eigenvalue weighted by Crippen LogP contribution is 2.25. The number of aliphatic hydroxyl groups excluding tert-OH is 2. The molecule has 6 nitrogen and oxygen atoms in total. The Hall–Kier alpha value is -2.31. The number of hydrogen-bond acceptors (Lipinski definition) is 6. The van der Waals surface area contributed by atoms with E-state index >= 15 is 0 Å². The molecule has 0 radical (unpaired) electrons. The van der Waals surface area contributed by atoms with Crippen molar-refractivity contribution in [3.8, 4) is 11.5 Å². The average Bonchev–Trinajstić information content (AvgIpc) is 2.37. The lowest BCUT2D eigenvalue weighted by molar-refractivity contribution is -0.155. The van der Waals surface area contributed by atoms with Crippen molar-refractivity contribution in [3.63, 3.8) is 0 Å². The average molecular weight is 264 g/mol. The Labute approximate surface area is 108 Å². The minimum Gasteiger partial charge on any atom is -0.504 e. The first-order chi connectivity index (χ1) is 8.97. The third kappa shape index (κ3) is 2.93. The molecular formula is C13H12O6. The maximum atomic E-state index is 11.1. The predicted octanol–water partition coefficient (Wildman–Crippen LogP) is 0.273. The van der Waals surface area contributed by atoms with Crippen molar-refractivity contribution in [1.82, 2.24) is 0 Å². The molecule has 0 spiro atoms. The molecule has 1 aromatic rings. The molecule has 0 aliphatic carbocycles. The number of phenolic OH excluding ortho intramolecular Hbond substituents is 2. The molecule has 0 amide bonds. The van der Waals surface area contributed by atoms with Crippen LogP contribution in [0.2, 0.25) is 0 Å². The first-order valence-electron chi connectivity index (χ1n) is 5.47.